The Balaban J connectivity index is 2.96. The summed E-state index contributed by atoms with van der Waals surface area (Å²) in [6.07, 6.45) is 0.439. The molecule has 0 aromatic heterocycles. The monoisotopic (exact) mass is 214 g/mol. The van der Waals surface area contributed by atoms with Gasteiger partial charge < -0.3 is 5.32 Å². The summed E-state index contributed by atoms with van der Waals surface area (Å²) in [5.41, 5.74) is -0.206. The Hall–Kier alpha value is -1.70. The van der Waals surface area contributed by atoms with E-state index in [0.717, 1.165) is 0 Å². The first-order valence-electron chi connectivity index (χ1n) is 4.39. The lowest BCUT2D eigenvalue weighted by Gasteiger charge is -2.11. The molecule has 0 aliphatic rings. The molecule has 1 unspecified atom stereocenters. The molecule has 1 N–H and O–H groups in total. The normalized spacial score (nSPS) is 11.9. The predicted octanol–water partition coefficient (Wildman–Crippen LogP) is 2.82. The number of hydrogen-bond donors (Lipinski definition) is 1. The van der Waals surface area contributed by atoms with E-state index in [9.17, 15) is 13.2 Å². The number of nitriles is 1. The van der Waals surface area contributed by atoms with Crippen molar-refractivity contribution in [3.8, 4) is 6.07 Å². The van der Waals surface area contributed by atoms with Crippen LogP contribution < -0.4 is 5.32 Å². The molecule has 0 heterocycles. The molecule has 0 saturated carbocycles. The van der Waals surface area contributed by atoms with Crippen molar-refractivity contribution in [1.82, 2.24) is 0 Å². The van der Waals surface area contributed by atoms with E-state index >= 15 is 0 Å². The average molecular weight is 214 g/mol. The van der Waals surface area contributed by atoms with Gasteiger partial charge >= 0.3 is 0 Å². The summed E-state index contributed by atoms with van der Waals surface area (Å²) in [4.78, 5) is 0. The number of hydrogen-bond acceptors (Lipinski definition) is 2. The number of benzene rings is 1. The van der Waals surface area contributed by atoms with E-state index in [-0.39, 0.29) is 5.69 Å². The van der Waals surface area contributed by atoms with E-state index in [4.69, 9.17) is 5.26 Å². The van der Waals surface area contributed by atoms with Gasteiger partial charge in [0.15, 0.2) is 11.6 Å². The summed E-state index contributed by atoms with van der Waals surface area (Å²) in [6, 6.07) is 2.39. The highest BCUT2D eigenvalue weighted by molar-refractivity contribution is 5.47. The number of nitrogens with zero attached hydrogens (tertiary/aromatic N) is 1. The number of anilines is 1. The molecule has 1 aromatic carbocycles. The van der Waals surface area contributed by atoms with Crippen molar-refractivity contribution < 1.29 is 13.2 Å². The highest BCUT2D eigenvalue weighted by Crippen LogP contribution is 2.19. The maximum Gasteiger partial charge on any atom is 0.161 e. The van der Waals surface area contributed by atoms with E-state index in [2.05, 4.69) is 5.32 Å². The van der Waals surface area contributed by atoms with Crippen LogP contribution in [-0.2, 0) is 0 Å². The molecule has 0 fully saturated rings. The SMILES string of the molecule is CCC(C#N)Nc1cc(F)c(F)cc1F. The molecule has 1 atom stereocenters. The van der Waals surface area contributed by atoms with Crippen molar-refractivity contribution in [3.05, 3.63) is 29.6 Å². The van der Waals surface area contributed by atoms with Gasteiger partial charge in [-0.3, -0.25) is 0 Å². The fourth-order valence-corrected chi connectivity index (χ4v) is 1.05. The highest BCUT2D eigenvalue weighted by Gasteiger charge is 2.12. The van der Waals surface area contributed by atoms with Crippen LogP contribution in [-0.4, -0.2) is 6.04 Å². The second-order valence-corrected chi connectivity index (χ2v) is 2.98. The van der Waals surface area contributed by atoms with E-state index in [1.807, 2.05) is 6.07 Å². The van der Waals surface area contributed by atoms with Crippen LogP contribution in [0.25, 0.3) is 0 Å². The third-order valence-corrected chi connectivity index (χ3v) is 1.90. The summed E-state index contributed by atoms with van der Waals surface area (Å²) in [7, 11) is 0. The summed E-state index contributed by atoms with van der Waals surface area (Å²) in [5.74, 6) is -3.31. The smallest absolute Gasteiger partial charge is 0.161 e. The van der Waals surface area contributed by atoms with Gasteiger partial charge in [0.1, 0.15) is 11.9 Å². The Morgan fingerprint density at radius 3 is 2.40 bits per heavy atom. The lowest BCUT2D eigenvalue weighted by Crippen LogP contribution is -2.17. The van der Waals surface area contributed by atoms with Crippen LogP contribution in [0.3, 0.4) is 0 Å². The van der Waals surface area contributed by atoms with Gasteiger partial charge in [-0.2, -0.15) is 5.26 Å². The molecule has 1 aromatic rings. The molecule has 0 amide bonds. The van der Waals surface area contributed by atoms with Crippen LogP contribution in [0.2, 0.25) is 0 Å². The highest BCUT2D eigenvalue weighted by atomic mass is 19.2. The first kappa shape index (κ1) is 11.4. The minimum Gasteiger partial charge on any atom is -0.367 e. The maximum absolute atomic E-state index is 13.1. The summed E-state index contributed by atoms with van der Waals surface area (Å²) >= 11 is 0. The molecule has 0 aliphatic carbocycles. The van der Waals surface area contributed by atoms with E-state index in [0.29, 0.717) is 18.6 Å². The van der Waals surface area contributed by atoms with Crippen molar-refractivity contribution >= 4 is 5.69 Å². The molecular weight excluding hydrogens is 205 g/mol. The zero-order chi connectivity index (χ0) is 11.4. The van der Waals surface area contributed by atoms with Crippen molar-refractivity contribution in [2.24, 2.45) is 0 Å². The van der Waals surface area contributed by atoms with Crippen molar-refractivity contribution in [3.63, 3.8) is 0 Å². The quantitative estimate of drug-likeness (QED) is 0.785. The van der Waals surface area contributed by atoms with E-state index in [1.165, 1.54) is 0 Å². The van der Waals surface area contributed by atoms with E-state index in [1.54, 1.807) is 6.92 Å². The Bertz CT molecular complexity index is 398. The van der Waals surface area contributed by atoms with Crippen molar-refractivity contribution in [1.29, 1.82) is 5.26 Å². The molecule has 0 radical (unpaired) electrons. The van der Waals surface area contributed by atoms with Gasteiger partial charge in [0.2, 0.25) is 0 Å². The zero-order valence-corrected chi connectivity index (χ0v) is 8.02. The summed E-state index contributed by atoms with van der Waals surface area (Å²) < 4.78 is 38.4. The van der Waals surface area contributed by atoms with Gasteiger partial charge in [0, 0.05) is 12.1 Å². The molecule has 5 heteroatoms. The molecule has 0 aliphatic heterocycles. The summed E-state index contributed by atoms with van der Waals surface area (Å²) in [6.45, 7) is 1.72. The molecule has 0 spiro atoms. The lowest BCUT2D eigenvalue weighted by atomic mass is 10.2. The van der Waals surface area contributed by atoms with Gasteiger partial charge in [-0.1, -0.05) is 6.92 Å². The van der Waals surface area contributed by atoms with Crippen molar-refractivity contribution in [2.75, 3.05) is 5.32 Å². The first-order chi connectivity index (χ1) is 7.08. The minimum absolute atomic E-state index is 0.206. The third kappa shape index (κ3) is 2.62. The maximum atomic E-state index is 13.1. The van der Waals surface area contributed by atoms with Gasteiger partial charge in [-0.25, -0.2) is 13.2 Å². The summed E-state index contributed by atoms with van der Waals surface area (Å²) in [5, 5.41) is 11.1. The predicted molar refractivity (Wildman–Crippen MR) is 49.6 cm³/mol. The van der Waals surface area contributed by atoms with Gasteiger partial charge in [-0.05, 0) is 6.42 Å². The lowest BCUT2D eigenvalue weighted by molar-refractivity contribution is 0.495. The number of rotatable bonds is 3. The van der Waals surface area contributed by atoms with E-state index < -0.39 is 23.5 Å². The molecule has 0 bridgehead atoms. The van der Waals surface area contributed by atoms with Crippen LogP contribution in [0.5, 0.6) is 0 Å². The van der Waals surface area contributed by atoms with Gasteiger partial charge in [-0.15, -0.1) is 0 Å². The first-order valence-corrected chi connectivity index (χ1v) is 4.39. The number of nitrogens with one attached hydrogen (secondary N) is 1. The molecular formula is C10H9F3N2. The Labute approximate surface area is 85.3 Å². The largest absolute Gasteiger partial charge is 0.367 e. The Kier molecular flexibility index (Phi) is 3.56. The van der Waals surface area contributed by atoms with Crippen molar-refractivity contribution in [2.45, 2.75) is 19.4 Å². The minimum atomic E-state index is -1.25. The number of halogens is 3. The van der Waals surface area contributed by atoms with Crippen LogP contribution in [0.15, 0.2) is 12.1 Å². The Morgan fingerprint density at radius 2 is 1.87 bits per heavy atom. The average Bonchev–Trinajstić information content (AvgIpc) is 2.21. The van der Waals surface area contributed by atoms with Crippen LogP contribution in [0, 0.1) is 28.8 Å². The second-order valence-electron chi connectivity index (χ2n) is 2.98. The van der Waals surface area contributed by atoms with Gasteiger partial charge in [0.05, 0.1) is 11.8 Å². The molecule has 80 valence electrons. The van der Waals surface area contributed by atoms with Crippen LogP contribution in [0.4, 0.5) is 18.9 Å². The standard InChI is InChI=1S/C10H9F3N2/c1-2-6(5-14)15-10-4-8(12)7(11)3-9(10)13/h3-4,6,15H,2H2,1H3. The zero-order valence-electron chi connectivity index (χ0n) is 8.02. The van der Waals surface area contributed by atoms with Crippen LogP contribution in [0.1, 0.15) is 13.3 Å². The molecule has 15 heavy (non-hydrogen) atoms. The molecule has 0 saturated heterocycles. The van der Waals surface area contributed by atoms with Gasteiger partial charge in [0.25, 0.3) is 0 Å². The third-order valence-electron chi connectivity index (χ3n) is 1.90. The Morgan fingerprint density at radius 1 is 1.27 bits per heavy atom. The van der Waals surface area contributed by atoms with Crippen LogP contribution >= 0.6 is 0 Å². The fourth-order valence-electron chi connectivity index (χ4n) is 1.05. The molecule has 2 nitrogen and oxygen atoms in total. The topological polar surface area (TPSA) is 35.8 Å². The molecule has 1 rings (SSSR count). The second kappa shape index (κ2) is 4.69. The fraction of sp³-hybridized carbons (Fsp3) is 0.300.